The van der Waals surface area contributed by atoms with E-state index in [1.807, 2.05) is 18.5 Å². The highest BCUT2D eigenvalue weighted by molar-refractivity contribution is 5.53. The average Bonchev–Trinajstić information content (AvgIpc) is 3.20. The van der Waals surface area contributed by atoms with Gasteiger partial charge in [-0.1, -0.05) is 25.2 Å². The molecule has 0 atom stereocenters. The molecule has 1 aromatic carbocycles. The van der Waals surface area contributed by atoms with Crippen LogP contribution in [0.3, 0.4) is 0 Å². The third-order valence-electron chi connectivity index (χ3n) is 6.90. The SMILES string of the molecule is C=CC=Cc1ncn(-c2ccc3c(c2)CC2(CCN(C4CCC4)CC2)O3)c1C. The van der Waals surface area contributed by atoms with Gasteiger partial charge < -0.3 is 14.2 Å². The van der Waals surface area contributed by atoms with Crippen molar-refractivity contribution in [2.75, 3.05) is 13.1 Å². The molecule has 1 spiro atoms. The summed E-state index contributed by atoms with van der Waals surface area (Å²) in [5.41, 5.74) is 4.64. The molecule has 0 unspecified atom stereocenters. The van der Waals surface area contributed by atoms with Crippen LogP contribution in [0.2, 0.25) is 0 Å². The molecule has 5 rings (SSSR count). The van der Waals surface area contributed by atoms with Gasteiger partial charge in [-0.25, -0.2) is 4.98 Å². The second kappa shape index (κ2) is 6.93. The van der Waals surface area contributed by atoms with E-state index in [1.54, 1.807) is 6.08 Å². The molecule has 1 saturated carbocycles. The third-order valence-corrected chi connectivity index (χ3v) is 6.90. The minimum Gasteiger partial charge on any atom is -0.487 e. The molecule has 1 aliphatic carbocycles. The number of hydrogen-bond donors (Lipinski definition) is 0. The molecule has 0 amide bonds. The highest BCUT2D eigenvalue weighted by Crippen LogP contribution is 2.43. The largest absolute Gasteiger partial charge is 0.487 e. The number of hydrogen-bond acceptors (Lipinski definition) is 3. The summed E-state index contributed by atoms with van der Waals surface area (Å²) in [6.07, 6.45) is 15.1. The Balaban J connectivity index is 1.34. The fraction of sp³-hybridized carbons (Fsp3) is 0.458. The molecule has 28 heavy (non-hydrogen) atoms. The van der Waals surface area contributed by atoms with E-state index < -0.39 is 0 Å². The summed E-state index contributed by atoms with van der Waals surface area (Å²) < 4.78 is 8.68. The van der Waals surface area contributed by atoms with Gasteiger partial charge in [-0.05, 0) is 44.0 Å². The van der Waals surface area contributed by atoms with Crippen LogP contribution in [0, 0.1) is 6.92 Å². The molecular weight excluding hydrogens is 346 g/mol. The molecule has 3 heterocycles. The van der Waals surface area contributed by atoms with E-state index in [0.29, 0.717) is 0 Å². The number of imidazole rings is 1. The van der Waals surface area contributed by atoms with E-state index in [2.05, 4.69) is 46.2 Å². The Hall–Kier alpha value is -2.33. The monoisotopic (exact) mass is 375 g/mol. The van der Waals surface area contributed by atoms with E-state index in [4.69, 9.17) is 4.74 Å². The number of aromatic nitrogens is 2. The minimum atomic E-state index is 0.0169. The van der Waals surface area contributed by atoms with Crippen LogP contribution < -0.4 is 4.74 Å². The smallest absolute Gasteiger partial charge is 0.123 e. The number of nitrogens with zero attached hydrogens (tertiary/aromatic N) is 3. The van der Waals surface area contributed by atoms with E-state index in [0.717, 1.165) is 48.1 Å². The van der Waals surface area contributed by atoms with Crippen LogP contribution >= 0.6 is 0 Å². The number of piperidine rings is 1. The maximum Gasteiger partial charge on any atom is 0.123 e. The maximum absolute atomic E-state index is 6.52. The van der Waals surface area contributed by atoms with Gasteiger partial charge in [-0.3, -0.25) is 0 Å². The minimum absolute atomic E-state index is 0.0169. The lowest BCUT2D eigenvalue weighted by molar-refractivity contribution is -0.00746. The first-order valence-corrected chi connectivity index (χ1v) is 10.6. The number of allylic oxidation sites excluding steroid dienone is 2. The Kier molecular flexibility index (Phi) is 4.39. The second-order valence-corrected chi connectivity index (χ2v) is 8.55. The van der Waals surface area contributed by atoms with Crippen molar-refractivity contribution >= 4 is 6.08 Å². The van der Waals surface area contributed by atoms with Crippen LogP contribution in [0.15, 0.2) is 43.3 Å². The van der Waals surface area contributed by atoms with Gasteiger partial charge in [0.15, 0.2) is 0 Å². The maximum atomic E-state index is 6.52. The van der Waals surface area contributed by atoms with Gasteiger partial charge in [0.05, 0.1) is 5.69 Å². The molecule has 3 aliphatic rings. The predicted molar refractivity (Wildman–Crippen MR) is 113 cm³/mol. The van der Waals surface area contributed by atoms with Crippen molar-refractivity contribution in [1.29, 1.82) is 0 Å². The average molecular weight is 376 g/mol. The van der Waals surface area contributed by atoms with E-state index in [9.17, 15) is 0 Å². The number of fused-ring (bicyclic) bond motifs is 1. The molecule has 1 saturated heterocycles. The lowest BCUT2D eigenvalue weighted by atomic mass is 9.83. The first-order chi connectivity index (χ1) is 13.7. The van der Waals surface area contributed by atoms with Crippen molar-refractivity contribution in [1.82, 2.24) is 14.5 Å². The number of rotatable bonds is 4. The van der Waals surface area contributed by atoms with Gasteiger partial charge in [0, 0.05) is 55.3 Å². The normalized spacial score (nSPS) is 21.6. The number of likely N-dealkylation sites (tertiary alicyclic amines) is 1. The Morgan fingerprint density at radius 2 is 2.07 bits per heavy atom. The van der Waals surface area contributed by atoms with Crippen molar-refractivity contribution in [3.63, 3.8) is 0 Å². The zero-order chi connectivity index (χ0) is 19.1. The number of benzene rings is 1. The third kappa shape index (κ3) is 3.00. The summed E-state index contributed by atoms with van der Waals surface area (Å²) in [6, 6.07) is 7.44. The molecule has 4 heteroatoms. The standard InChI is InChI=1S/C24H29N3O/c1-3-4-8-22-18(2)27(17-25-22)21-9-10-23-19(15-21)16-24(28-23)11-13-26(14-12-24)20-6-5-7-20/h3-4,8-10,15,17,20H,1,5-7,11-14,16H2,2H3. The summed E-state index contributed by atoms with van der Waals surface area (Å²) in [5, 5.41) is 0. The fourth-order valence-corrected chi connectivity index (χ4v) is 4.90. The topological polar surface area (TPSA) is 30.3 Å². The van der Waals surface area contributed by atoms with E-state index >= 15 is 0 Å². The molecule has 2 fully saturated rings. The van der Waals surface area contributed by atoms with Crippen molar-refractivity contribution in [3.05, 3.63) is 60.2 Å². The van der Waals surface area contributed by atoms with Gasteiger partial charge in [0.2, 0.25) is 0 Å². The van der Waals surface area contributed by atoms with Gasteiger partial charge in [-0.15, -0.1) is 0 Å². The number of ether oxygens (including phenoxy) is 1. The fourth-order valence-electron chi connectivity index (χ4n) is 4.90. The molecule has 146 valence electrons. The summed E-state index contributed by atoms with van der Waals surface area (Å²) in [7, 11) is 0. The highest BCUT2D eigenvalue weighted by atomic mass is 16.5. The Morgan fingerprint density at radius 1 is 1.25 bits per heavy atom. The lowest BCUT2D eigenvalue weighted by Crippen LogP contribution is -2.52. The Morgan fingerprint density at radius 3 is 2.79 bits per heavy atom. The van der Waals surface area contributed by atoms with E-state index in [-0.39, 0.29) is 5.60 Å². The Labute approximate surface area is 167 Å². The summed E-state index contributed by atoms with van der Waals surface area (Å²) in [4.78, 5) is 7.23. The van der Waals surface area contributed by atoms with Crippen LogP contribution in [0.5, 0.6) is 5.75 Å². The van der Waals surface area contributed by atoms with Crippen molar-refractivity contribution < 1.29 is 4.74 Å². The predicted octanol–water partition coefficient (Wildman–Crippen LogP) is 4.70. The van der Waals surface area contributed by atoms with Crippen molar-refractivity contribution in [2.45, 2.75) is 57.1 Å². The molecule has 2 aromatic rings. The zero-order valence-corrected chi connectivity index (χ0v) is 16.7. The molecule has 0 N–H and O–H groups in total. The lowest BCUT2D eigenvalue weighted by Gasteiger charge is -2.45. The molecule has 2 aliphatic heterocycles. The first kappa shape index (κ1) is 17.7. The zero-order valence-electron chi connectivity index (χ0n) is 16.7. The molecule has 4 nitrogen and oxygen atoms in total. The molecule has 0 radical (unpaired) electrons. The van der Waals surface area contributed by atoms with Crippen LogP contribution in [-0.2, 0) is 6.42 Å². The van der Waals surface area contributed by atoms with Gasteiger partial charge in [0.1, 0.15) is 17.7 Å². The van der Waals surface area contributed by atoms with Crippen LogP contribution in [0.4, 0.5) is 0 Å². The molecular formula is C24H29N3O. The van der Waals surface area contributed by atoms with Crippen LogP contribution in [-0.4, -0.2) is 39.2 Å². The quantitative estimate of drug-likeness (QED) is 0.726. The highest BCUT2D eigenvalue weighted by Gasteiger charge is 2.43. The van der Waals surface area contributed by atoms with Crippen molar-refractivity contribution in [3.8, 4) is 11.4 Å². The van der Waals surface area contributed by atoms with Crippen LogP contribution in [0.1, 0.15) is 49.1 Å². The van der Waals surface area contributed by atoms with Crippen molar-refractivity contribution in [2.24, 2.45) is 0 Å². The summed E-state index contributed by atoms with van der Waals surface area (Å²) in [5.74, 6) is 1.07. The van der Waals surface area contributed by atoms with Gasteiger partial charge >= 0.3 is 0 Å². The molecule has 1 aromatic heterocycles. The summed E-state index contributed by atoms with van der Waals surface area (Å²) >= 11 is 0. The Bertz CT molecular complexity index is 914. The van der Waals surface area contributed by atoms with E-state index in [1.165, 1.54) is 37.9 Å². The van der Waals surface area contributed by atoms with Crippen LogP contribution in [0.25, 0.3) is 11.8 Å². The summed E-state index contributed by atoms with van der Waals surface area (Å²) in [6.45, 7) is 8.21. The second-order valence-electron chi connectivity index (χ2n) is 8.55. The van der Waals surface area contributed by atoms with Gasteiger partial charge in [0.25, 0.3) is 0 Å². The van der Waals surface area contributed by atoms with Gasteiger partial charge in [-0.2, -0.15) is 0 Å². The molecule has 0 bridgehead atoms. The first-order valence-electron chi connectivity index (χ1n) is 10.6.